The zero-order valence-electron chi connectivity index (χ0n) is 15.8. The lowest BCUT2D eigenvalue weighted by atomic mass is 9.87. The van der Waals surface area contributed by atoms with E-state index in [9.17, 15) is 4.79 Å². The smallest absolute Gasteiger partial charge is 0.271 e. The van der Waals surface area contributed by atoms with Crippen LogP contribution in [0.4, 0.5) is 0 Å². The van der Waals surface area contributed by atoms with E-state index in [1.165, 1.54) is 6.21 Å². The number of hydrazone groups is 1. The van der Waals surface area contributed by atoms with Gasteiger partial charge in [-0.05, 0) is 53.4 Å². The van der Waals surface area contributed by atoms with Gasteiger partial charge in [-0.2, -0.15) is 5.10 Å². The van der Waals surface area contributed by atoms with E-state index in [1.54, 1.807) is 36.4 Å². The molecule has 4 nitrogen and oxygen atoms in total. The van der Waals surface area contributed by atoms with E-state index in [-0.39, 0.29) is 11.3 Å². The van der Waals surface area contributed by atoms with E-state index in [0.29, 0.717) is 27.1 Å². The van der Waals surface area contributed by atoms with Gasteiger partial charge in [-0.3, -0.25) is 4.79 Å². The van der Waals surface area contributed by atoms with Gasteiger partial charge in [0.05, 0.1) is 16.3 Å². The SMILES string of the molecule is CC(C)(C)c1ccc(C(=O)N/N=C\c2ccc(-c3ccc(Cl)c(Cl)c3)o2)cc1. The summed E-state index contributed by atoms with van der Waals surface area (Å²) in [6.07, 6.45) is 1.45. The molecule has 1 aromatic heterocycles. The Kier molecular flexibility index (Phi) is 5.92. The minimum absolute atomic E-state index is 0.0401. The van der Waals surface area contributed by atoms with Gasteiger partial charge >= 0.3 is 0 Å². The van der Waals surface area contributed by atoms with Crippen LogP contribution in [0.5, 0.6) is 0 Å². The highest BCUT2D eigenvalue weighted by Crippen LogP contribution is 2.29. The average molecular weight is 415 g/mol. The number of hydrogen-bond donors (Lipinski definition) is 1. The molecule has 0 saturated heterocycles. The van der Waals surface area contributed by atoms with Gasteiger partial charge in [-0.1, -0.05) is 56.1 Å². The summed E-state index contributed by atoms with van der Waals surface area (Å²) in [7, 11) is 0. The lowest BCUT2D eigenvalue weighted by Crippen LogP contribution is -2.18. The number of halogens is 2. The summed E-state index contributed by atoms with van der Waals surface area (Å²) in [6, 6.07) is 16.3. The van der Waals surface area contributed by atoms with Crippen molar-refractivity contribution in [3.8, 4) is 11.3 Å². The molecule has 0 saturated carbocycles. The third-order valence-corrected chi connectivity index (χ3v) is 4.94. The van der Waals surface area contributed by atoms with Gasteiger partial charge in [0.15, 0.2) is 0 Å². The fourth-order valence-corrected chi connectivity index (χ4v) is 2.87. The Hall–Kier alpha value is -2.56. The summed E-state index contributed by atoms with van der Waals surface area (Å²) in [5.41, 5.74) is 5.05. The lowest BCUT2D eigenvalue weighted by Gasteiger charge is -2.18. The number of furan rings is 1. The third-order valence-electron chi connectivity index (χ3n) is 4.20. The normalized spacial score (nSPS) is 11.8. The molecular formula is C22H20Cl2N2O2. The van der Waals surface area contributed by atoms with Crippen molar-refractivity contribution in [1.29, 1.82) is 0 Å². The molecule has 28 heavy (non-hydrogen) atoms. The van der Waals surface area contributed by atoms with Crippen LogP contribution in [0.3, 0.4) is 0 Å². The maximum absolute atomic E-state index is 12.2. The second-order valence-corrected chi connectivity index (χ2v) is 8.17. The number of carbonyl (C=O) groups excluding carboxylic acids is 1. The van der Waals surface area contributed by atoms with E-state index < -0.39 is 0 Å². The molecule has 0 radical (unpaired) electrons. The topological polar surface area (TPSA) is 54.6 Å². The molecule has 0 aliphatic heterocycles. The molecule has 1 amide bonds. The molecule has 3 aromatic rings. The number of nitrogens with one attached hydrogen (secondary N) is 1. The average Bonchev–Trinajstić information content (AvgIpc) is 3.12. The second kappa shape index (κ2) is 8.21. The van der Waals surface area contributed by atoms with Crippen LogP contribution in [0.2, 0.25) is 10.0 Å². The van der Waals surface area contributed by atoms with E-state index in [4.69, 9.17) is 27.6 Å². The van der Waals surface area contributed by atoms with Crippen molar-refractivity contribution in [3.63, 3.8) is 0 Å². The molecule has 0 fully saturated rings. The van der Waals surface area contributed by atoms with Gasteiger partial charge in [-0.25, -0.2) is 5.43 Å². The predicted molar refractivity (Wildman–Crippen MR) is 114 cm³/mol. The second-order valence-electron chi connectivity index (χ2n) is 7.36. The van der Waals surface area contributed by atoms with Crippen LogP contribution in [-0.4, -0.2) is 12.1 Å². The number of carbonyl (C=O) groups is 1. The molecule has 1 N–H and O–H groups in total. The molecule has 0 atom stereocenters. The minimum atomic E-state index is -0.284. The molecular weight excluding hydrogens is 395 g/mol. The number of hydrogen-bond acceptors (Lipinski definition) is 3. The fraction of sp³-hybridized carbons (Fsp3) is 0.182. The lowest BCUT2D eigenvalue weighted by molar-refractivity contribution is 0.0955. The summed E-state index contributed by atoms with van der Waals surface area (Å²) in [5, 5.41) is 4.90. The van der Waals surface area contributed by atoms with E-state index in [2.05, 4.69) is 31.3 Å². The Labute approximate surface area is 174 Å². The first-order chi connectivity index (χ1) is 13.2. The van der Waals surface area contributed by atoms with Crippen molar-refractivity contribution >= 4 is 35.3 Å². The zero-order chi connectivity index (χ0) is 20.3. The zero-order valence-corrected chi connectivity index (χ0v) is 17.3. The summed E-state index contributed by atoms with van der Waals surface area (Å²) in [4.78, 5) is 12.2. The Morgan fingerprint density at radius 3 is 2.36 bits per heavy atom. The van der Waals surface area contributed by atoms with Crippen molar-refractivity contribution in [2.24, 2.45) is 5.10 Å². The number of benzene rings is 2. The summed E-state index contributed by atoms with van der Waals surface area (Å²) < 4.78 is 5.70. The molecule has 3 rings (SSSR count). The molecule has 1 heterocycles. The number of nitrogens with zero attached hydrogens (tertiary/aromatic N) is 1. The molecule has 0 unspecified atom stereocenters. The van der Waals surface area contributed by atoms with Crippen LogP contribution in [0.25, 0.3) is 11.3 Å². The highest BCUT2D eigenvalue weighted by molar-refractivity contribution is 6.42. The predicted octanol–water partition coefficient (Wildman–Crippen LogP) is 6.31. The third kappa shape index (κ3) is 4.83. The minimum Gasteiger partial charge on any atom is -0.455 e. The molecule has 2 aromatic carbocycles. The first-order valence-electron chi connectivity index (χ1n) is 8.73. The van der Waals surface area contributed by atoms with Crippen LogP contribution < -0.4 is 5.43 Å². The van der Waals surface area contributed by atoms with Gasteiger partial charge in [0, 0.05) is 11.1 Å². The Morgan fingerprint density at radius 2 is 1.71 bits per heavy atom. The van der Waals surface area contributed by atoms with Crippen molar-refractivity contribution in [2.45, 2.75) is 26.2 Å². The van der Waals surface area contributed by atoms with Crippen molar-refractivity contribution in [2.75, 3.05) is 0 Å². The first kappa shape index (κ1) is 20.2. The van der Waals surface area contributed by atoms with Crippen LogP contribution in [0, 0.1) is 0 Å². The molecule has 0 aliphatic carbocycles. The highest BCUT2D eigenvalue weighted by Gasteiger charge is 2.14. The largest absolute Gasteiger partial charge is 0.455 e. The molecule has 144 valence electrons. The molecule has 0 aliphatic rings. The monoisotopic (exact) mass is 414 g/mol. The standard InChI is InChI=1S/C22H20Cl2N2O2/c1-22(2,3)16-7-4-14(5-8-16)21(27)26-25-13-17-9-11-20(28-17)15-6-10-18(23)19(24)12-15/h4-13H,1-3H3,(H,26,27)/b25-13-. The number of amides is 1. The summed E-state index contributed by atoms with van der Waals surface area (Å²) in [6.45, 7) is 6.38. The maximum Gasteiger partial charge on any atom is 0.271 e. The van der Waals surface area contributed by atoms with Crippen molar-refractivity contribution in [3.05, 3.63) is 81.5 Å². The van der Waals surface area contributed by atoms with Gasteiger partial charge in [0.2, 0.25) is 0 Å². The van der Waals surface area contributed by atoms with Crippen LogP contribution in [0.15, 0.2) is 64.1 Å². The van der Waals surface area contributed by atoms with Gasteiger partial charge in [0.1, 0.15) is 11.5 Å². The number of rotatable bonds is 4. The molecule has 0 bridgehead atoms. The Balaban J connectivity index is 1.64. The van der Waals surface area contributed by atoms with Gasteiger partial charge in [-0.15, -0.1) is 0 Å². The maximum atomic E-state index is 12.2. The van der Waals surface area contributed by atoms with E-state index >= 15 is 0 Å². The van der Waals surface area contributed by atoms with E-state index in [0.717, 1.165) is 11.1 Å². The van der Waals surface area contributed by atoms with Gasteiger partial charge in [0.25, 0.3) is 5.91 Å². The van der Waals surface area contributed by atoms with E-state index in [1.807, 2.05) is 18.2 Å². The van der Waals surface area contributed by atoms with Crippen molar-refractivity contribution in [1.82, 2.24) is 5.43 Å². The Bertz CT molecular complexity index is 1020. The van der Waals surface area contributed by atoms with Crippen LogP contribution in [-0.2, 0) is 5.41 Å². The fourth-order valence-electron chi connectivity index (χ4n) is 2.57. The summed E-state index contributed by atoms with van der Waals surface area (Å²) in [5.74, 6) is 0.849. The summed E-state index contributed by atoms with van der Waals surface area (Å²) >= 11 is 12.0. The van der Waals surface area contributed by atoms with Crippen molar-refractivity contribution < 1.29 is 9.21 Å². The van der Waals surface area contributed by atoms with Gasteiger partial charge < -0.3 is 4.42 Å². The quantitative estimate of drug-likeness (QED) is 0.401. The van der Waals surface area contributed by atoms with Crippen LogP contribution in [0.1, 0.15) is 42.5 Å². The molecule has 6 heteroatoms. The Morgan fingerprint density at radius 1 is 1.00 bits per heavy atom. The molecule has 0 spiro atoms. The first-order valence-corrected chi connectivity index (χ1v) is 9.49. The van der Waals surface area contributed by atoms with Crippen LogP contribution >= 0.6 is 23.2 Å². The highest BCUT2D eigenvalue weighted by atomic mass is 35.5.